The molecule has 6 nitrogen and oxygen atoms in total. The monoisotopic (exact) mass is 412 g/mol. The Labute approximate surface area is 177 Å². The van der Waals surface area contributed by atoms with E-state index in [0.29, 0.717) is 6.61 Å². The smallest absolute Gasteiger partial charge is 0.190 e. The highest BCUT2D eigenvalue weighted by atomic mass is 16.9. The van der Waals surface area contributed by atoms with Gasteiger partial charge in [-0.25, -0.2) is 0 Å². The standard InChI is InChI=1S/C24H28O6/c1-23(2)27-19-18(26-22-21(20(19)28-23)29-24(3,4)30-22)14-25-17-12-10-16(11-13-17)15-8-6-5-7-9-15/h5-13,18-22H,14H2,1-4H3/t18-,19+,20+,21-,22-/m1/s1. The van der Waals surface area contributed by atoms with Crippen molar-refractivity contribution in [1.82, 2.24) is 0 Å². The van der Waals surface area contributed by atoms with E-state index in [2.05, 4.69) is 24.3 Å². The summed E-state index contributed by atoms with van der Waals surface area (Å²) < 4.78 is 36.5. The van der Waals surface area contributed by atoms with E-state index in [1.54, 1.807) is 0 Å². The van der Waals surface area contributed by atoms with Gasteiger partial charge in [-0.1, -0.05) is 42.5 Å². The second-order valence-electron chi connectivity index (χ2n) is 8.91. The third kappa shape index (κ3) is 3.86. The molecule has 0 N–H and O–H groups in total. The molecule has 3 saturated heterocycles. The minimum Gasteiger partial charge on any atom is -0.491 e. The van der Waals surface area contributed by atoms with Gasteiger partial charge in [0.15, 0.2) is 17.9 Å². The van der Waals surface area contributed by atoms with Crippen LogP contribution in [0.15, 0.2) is 54.6 Å². The SMILES string of the molecule is CC1(C)O[C@H]2[C@@H](O1)[C@@H](COc1ccc(-c3ccccc3)cc1)O[C@@H]1OC(C)(C)O[C@@H]12. The Kier molecular flexibility index (Phi) is 4.87. The first-order valence-corrected chi connectivity index (χ1v) is 10.4. The molecule has 0 saturated carbocycles. The number of hydrogen-bond acceptors (Lipinski definition) is 6. The molecule has 0 bridgehead atoms. The van der Waals surface area contributed by atoms with Gasteiger partial charge < -0.3 is 28.4 Å². The fourth-order valence-electron chi connectivity index (χ4n) is 4.38. The normalized spacial score (nSPS) is 33.7. The molecule has 0 radical (unpaired) electrons. The molecule has 3 fully saturated rings. The summed E-state index contributed by atoms with van der Waals surface area (Å²) in [7, 11) is 0. The van der Waals surface area contributed by atoms with Crippen LogP contribution in [0.3, 0.4) is 0 Å². The average Bonchev–Trinajstić information content (AvgIpc) is 3.21. The molecule has 3 aliphatic rings. The van der Waals surface area contributed by atoms with Crippen molar-refractivity contribution in [1.29, 1.82) is 0 Å². The highest BCUT2D eigenvalue weighted by molar-refractivity contribution is 5.63. The van der Waals surface area contributed by atoms with E-state index in [0.717, 1.165) is 11.3 Å². The quantitative estimate of drug-likeness (QED) is 0.753. The topological polar surface area (TPSA) is 55.4 Å². The van der Waals surface area contributed by atoms with Crippen molar-refractivity contribution >= 4 is 0 Å². The zero-order valence-corrected chi connectivity index (χ0v) is 17.7. The lowest BCUT2D eigenvalue weighted by Gasteiger charge is -2.37. The lowest BCUT2D eigenvalue weighted by molar-refractivity contribution is -0.238. The number of hydrogen-bond donors (Lipinski definition) is 0. The third-order valence-corrected chi connectivity index (χ3v) is 5.63. The average molecular weight is 412 g/mol. The zero-order chi connectivity index (χ0) is 20.9. The highest BCUT2D eigenvalue weighted by Crippen LogP contribution is 2.44. The fraction of sp³-hybridized carbons (Fsp3) is 0.500. The van der Waals surface area contributed by atoms with Gasteiger partial charge in [-0.05, 0) is 51.0 Å². The Morgan fingerprint density at radius 1 is 0.700 bits per heavy atom. The summed E-state index contributed by atoms with van der Waals surface area (Å²) in [5, 5.41) is 0. The molecule has 5 rings (SSSR count). The lowest BCUT2D eigenvalue weighted by Crippen LogP contribution is -2.56. The molecular weight excluding hydrogens is 384 g/mol. The maximum absolute atomic E-state index is 6.19. The maximum atomic E-state index is 6.19. The van der Waals surface area contributed by atoms with Crippen LogP contribution < -0.4 is 4.74 Å². The molecule has 160 valence electrons. The van der Waals surface area contributed by atoms with E-state index < -0.39 is 17.9 Å². The summed E-state index contributed by atoms with van der Waals surface area (Å²) in [6, 6.07) is 18.3. The highest BCUT2D eigenvalue weighted by Gasteiger charge is 2.60. The predicted octanol–water partition coefficient (Wildman–Crippen LogP) is 4.13. The van der Waals surface area contributed by atoms with Gasteiger partial charge >= 0.3 is 0 Å². The number of fused-ring (bicyclic) bond motifs is 3. The second-order valence-corrected chi connectivity index (χ2v) is 8.91. The molecule has 0 aliphatic carbocycles. The van der Waals surface area contributed by atoms with Crippen molar-refractivity contribution in [3.63, 3.8) is 0 Å². The number of ether oxygens (including phenoxy) is 6. The van der Waals surface area contributed by atoms with Crippen molar-refractivity contribution in [2.75, 3.05) is 6.61 Å². The van der Waals surface area contributed by atoms with Gasteiger partial charge in [0.1, 0.15) is 36.8 Å². The molecule has 0 spiro atoms. The molecule has 0 amide bonds. The Morgan fingerprint density at radius 3 is 2.03 bits per heavy atom. The van der Waals surface area contributed by atoms with Crippen LogP contribution in [-0.2, 0) is 23.7 Å². The van der Waals surface area contributed by atoms with E-state index >= 15 is 0 Å². The molecule has 3 heterocycles. The van der Waals surface area contributed by atoms with Crippen LogP contribution in [-0.4, -0.2) is 48.9 Å². The predicted molar refractivity (Wildman–Crippen MR) is 110 cm³/mol. The van der Waals surface area contributed by atoms with Crippen molar-refractivity contribution in [2.24, 2.45) is 0 Å². The molecular formula is C24H28O6. The first kappa shape index (κ1) is 20.0. The largest absolute Gasteiger partial charge is 0.491 e. The fourth-order valence-corrected chi connectivity index (χ4v) is 4.38. The van der Waals surface area contributed by atoms with Gasteiger partial charge in [-0.3, -0.25) is 0 Å². The van der Waals surface area contributed by atoms with Crippen molar-refractivity contribution in [2.45, 2.75) is 70.0 Å². The van der Waals surface area contributed by atoms with Crippen molar-refractivity contribution in [3.8, 4) is 16.9 Å². The van der Waals surface area contributed by atoms with Crippen LogP contribution in [0.5, 0.6) is 5.75 Å². The van der Waals surface area contributed by atoms with E-state index in [9.17, 15) is 0 Å². The maximum Gasteiger partial charge on any atom is 0.190 e. The van der Waals surface area contributed by atoms with Crippen LogP contribution >= 0.6 is 0 Å². The summed E-state index contributed by atoms with van der Waals surface area (Å²) >= 11 is 0. The summed E-state index contributed by atoms with van der Waals surface area (Å²) in [5.41, 5.74) is 2.32. The van der Waals surface area contributed by atoms with Crippen molar-refractivity contribution < 1.29 is 28.4 Å². The molecule has 0 unspecified atom stereocenters. The molecule has 30 heavy (non-hydrogen) atoms. The number of benzene rings is 2. The van der Waals surface area contributed by atoms with Crippen molar-refractivity contribution in [3.05, 3.63) is 54.6 Å². The third-order valence-electron chi connectivity index (χ3n) is 5.63. The van der Waals surface area contributed by atoms with Gasteiger partial charge in [-0.15, -0.1) is 0 Å². The van der Waals surface area contributed by atoms with Gasteiger partial charge in [-0.2, -0.15) is 0 Å². The van der Waals surface area contributed by atoms with E-state index in [1.807, 2.05) is 58.0 Å². The summed E-state index contributed by atoms with van der Waals surface area (Å²) in [5.74, 6) is -0.655. The summed E-state index contributed by atoms with van der Waals surface area (Å²) in [4.78, 5) is 0. The molecule has 2 aromatic rings. The Balaban J connectivity index is 1.28. The van der Waals surface area contributed by atoms with Crippen LogP contribution in [0.25, 0.3) is 11.1 Å². The van der Waals surface area contributed by atoms with E-state index in [4.69, 9.17) is 28.4 Å². The van der Waals surface area contributed by atoms with Crippen LogP contribution in [0.2, 0.25) is 0 Å². The van der Waals surface area contributed by atoms with Crippen LogP contribution in [0, 0.1) is 0 Å². The Bertz CT molecular complexity index is 878. The Hall–Kier alpha value is -1.96. The van der Waals surface area contributed by atoms with Gasteiger partial charge in [0.05, 0.1) is 0 Å². The molecule has 0 aromatic heterocycles. The van der Waals surface area contributed by atoms with Crippen LogP contribution in [0.1, 0.15) is 27.7 Å². The minimum atomic E-state index is -0.723. The molecule has 2 aromatic carbocycles. The van der Waals surface area contributed by atoms with E-state index in [1.165, 1.54) is 5.56 Å². The molecule has 6 heteroatoms. The Morgan fingerprint density at radius 2 is 1.30 bits per heavy atom. The molecule has 5 atom stereocenters. The van der Waals surface area contributed by atoms with Gasteiger partial charge in [0.25, 0.3) is 0 Å². The minimum absolute atomic E-state index is 0.269. The van der Waals surface area contributed by atoms with Gasteiger partial charge in [0.2, 0.25) is 0 Å². The zero-order valence-electron chi connectivity index (χ0n) is 17.7. The van der Waals surface area contributed by atoms with Crippen LogP contribution in [0.4, 0.5) is 0 Å². The first-order valence-electron chi connectivity index (χ1n) is 10.4. The summed E-state index contributed by atoms with van der Waals surface area (Å²) in [6.45, 7) is 7.90. The first-order chi connectivity index (χ1) is 14.3. The number of rotatable bonds is 4. The van der Waals surface area contributed by atoms with E-state index in [-0.39, 0.29) is 24.4 Å². The second kappa shape index (κ2) is 7.32. The lowest BCUT2D eigenvalue weighted by atomic mass is 9.99. The molecule has 3 aliphatic heterocycles. The van der Waals surface area contributed by atoms with Gasteiger partial charge in [0, 0.05) is 0 Å². The summed E-state index contributed by atoms with van der Waals surface area (Å²) in [6.07, 6.45) is -1.72.